The zero-order valence-corrected chi connectivity index (χ0v) is 17.5. The maximum Gasteiger partial charge on any atom is 0.251 e. The lowest BCUT2D eigenvalue weighted by molar-refractivity contribution is -0.137. The van der Waals surface area contributed by atoms with Crippen LogP contribution in [0.1, 0.15) is 85.5 Å². The highest BCUT2D eigenvalue weighted by Gasteiger charge is 2.29. The second-order valence-electron chi connectivity index (χ2n) is 7.89. The molecule has 0 spiro atoms. The van der Waals surface area contributed by atoms with Gasteiger partial charge in [-0.3, -0.25) is 14.4 Å². The number of hydrogen-bond donors (Lipinski definition) is 2. The first-order chi connectivity index (χ1) is 13.5. The summed E-state index contributed by atoms with van der Waals surface area (Å²) in [4.78, 5) is 40.4. The van der Waals surface area contributed by atoms with Gasteiger partial charge in [0.15, 0.2) is 0 Å². The molecule has 0 radical (unpaired) electrons. The SMILES string of the molecule is CCCCC(=O)N(CC(=O)Nc1sc2c(c1C(N)=O)CCCC2)C1CCCC1. The van der Waals surface area contributed by atoms with Gasteiger partial charge in [0.05, 0.1) is 5.56 Å². The average Bonchev–Trinajstić information content (AvgIpc) is 3.31. The number of thiophene rings is 1. The molecule has 0 atom stereocenters. The summed E-state index contributed by atoms with van der Waals surface area (Å²) in [7, 11) is 0. The van der Waals surface area contributed by atoms with Gasteiger partial charge >= 0.3 is 0 Å². The molecule has 0 unspecified atom stereocenters. The second kappa shape index (κ2) is 9.54. The molecule has 0 bridgehead atoms. The number of amides is 3. The van der Waals surface area contributed by atoms with Crippen molar-refractivity contribution in [1.29, 1.82) is 0 Å². The summed E-state index contributed by atoms with van der Waals surface area (Å²) in [5.41, 5.74) is 7.09. The molecule has 0 saturated heterocycles. The van der Waals surface area contributed by atoms with Crippen molar-refractivity contribution >= 4 is 34.1 Å². The highest BCUT2D eigenvalue weighted by molar-refractivity contribution is 7.17. The molecule has 3 N–H and O–H groups in total. The van der Waals surface area contributed by atoms with Crippen LogP contribution in [0.5, 0.6) is 0 Å². The molecule has 2 aliphatic carbocycles. The summed E-state index contributed by atoms with van der Waals surface area (Å²) < 4.78 is 0. The maximum atomic E-state index is 12.8. The Morgan fingerprint density at radius 3 is 2.54 bits per heavy atom. The van der Waals surface area contributed by atoms with Crippen molar-refractivity contribution in [2.75, 3.05) is 11.9 Å². The minimum absolute atomic E-state index is 0.0496. The number of nitrogens with two attached hydrogens (primary N) is 1. The molecule has 7 heteroatoms. The molecule has 1 saturated carbocycles. The zero-order valence-electron chi connectivity index (χ0n) is 16.7. The quantitative estimate of drug-likeness (QED) is 0.692. The molecule has 1 aromatic heterocycles. The molecule has 1 aromatic rings. The fraction of sp³-hybridized carbons (Fsp3) is 0.667. The van der Waals surface area contributed by atoms with E-state index < -0.39 is 5.91 Å². The lowest BCUT2D eigenvalue weighted by Gasteiger charge is -2.28. The average molecular weight is 406 g/mol. The van der Waals surface area contributed by atoms with Gasteiger partial charge < -0.3 is 16.0 Å². The predicted octanol–water partition coefficient (Wildman–Crippen LogP) is 3.63. The third-order valence-corrected chi connectivity index (χ3v) is 7.02. The van der Waals surface area contributed by atoms with Crippen LogP contribution < -0.4 is 11.1 Å². The summed E-state index contributed by atoms with van der Waals surface area (Å²) >= 11 is 1.46. The fourth-order valence-electron chi connectivity index (χ4n) is 4.34. The number of hydrogen-bond acceptors (Lipinski definition) is 4. The first kappa shape index (κ1) is 20.8. The van der Waals surface area contributed by atoms with Gasteiger partial charge in [-0.25, -0.2) is 0 Å². The summed E-state index contributed by atoms with van der Waals surface area (Å²) in [5.74, 6) is -0.663. The Morgan fingerprint density at radius 1 is 1.14 bits per heavy atom. The van der Waals surface area contributed by atoms with Crippen molar-refractivity contribution in [2.24, 2.45) is 5.73 Å². The van der Waals surface area contributed by atoms with Crippen molar-refractivity contribution in [3.05, 3.63) is 16.0 Å². The molecule has 0 aromatic carbocycles. The Labute approximate surface area is 170 Å². The third-order valence-electron chi connectivity index (χ3n) is 5.81. The monoisotopic (exact) mass is 405 g/mol. The van der Waals surface area contributed by atoms with Gasteiger partial charge in [-0.15, -0.1) is 11.3 Å². The Morgan fingerprint density at radius 2 is 1.86 bits per heavy atom. The lowest BCUT2D eigenvalue weighted by Crippen LogP contribution is -2.43. The van der Waals surface area contributed by atoms with Crippen LogP contribution in [0.25, 0.3) is 0 Å². The zero-order chi connectivity index (χ0) is 20.1. The Kier molecular flexibility index (Phi) is 7.10. The molecule has 154 valence electrons. The third kappa shape index (κ3) is 4.74. The maximum absolute atomic E-state index is 12.8. The molecule has 1 fully saturated rings. The van der Waals surface area contributed by atoms with Crippen molar-refractivity contribution in [2.45, 2.75) is 83.6 Å². The van der Waals surface area contributed by atoms with E-state index in [4.69, 9.17) is 5.73 Å². The number of rotatable bonds is 8. The minimum atomic E-state index is -0.485. The van der Waals surface area contributed by atoms with E-state index >= 15 is 0 Å². The highest BCUT2D eigenvalue weighted by atomic mass is 32.1. The first-order valence-electron chi connectivity index (χ1n) is 10.5. The van der Waals surface area contributed by atoms with Crippen LogP contribution in [0.15, 0.2) is 0 Å². The van der Waals surface area contributed by atoms with E-state index in [9.17, 15) is 14.4 Å². The largest absolute Gasteiger partial charge is 0.365 e. The van der Waals surface area contributed by atoms with E-state index in [0.29, 0.717) is 17.0 Å². The van der Waals surface area contributed by atoms with Crippen LogP contribution in [0, 0.1) is 0 Å². The number of fused-ring (bicyclic) bond motifs is 1. The smallest absolute Gasteiger partial charge is 0.251 e. The Bertz CT molecular complexity index is 737. The van der Waals surface area contributed by atoms with Gasteiger partial charge in [0.1, 0.15) is 11.5 Å². The van der Waals surface area contributed by atoms with Crippen molar-refractivity contribution in [3.8, 4) is 0 Å². The van der Waals surface area contributed by atoms with Crippen LogP contribution in [0.3, 0.4) is 0 Å². The minimum Gasteiger partial charge on any atom is -0.365 e. The summed E-state index contributed by atoms with van der Waals surface area (Å²) in [6.45, 7) is 2.11. The molecule has 28 heavy (non-hydrogen) atoms. The van der Waals surface area contributed by atoms with Gasteiger partial charge in [-0.1, -0.05) is 26.2 Å². The van der Waals surface area contributed by atoms with E-state index in [-0.39, 0.29) is 24.4 Å². The van der Waals surface area contributed by atoms with Crippen LogP contribution in [-0.2, 0) is 22.4 Å². The molecule has 3 rings (SSSR count). The topological polar surface area (TPSA) is 92.5 Å². The number of aryl methyl sites for hydroxylation is 1. The molecular weight excluding hydrogens is 374 g/mol. The van der Waals surface area contributed by atoms with Gasteiger partial charge in [0, 0.05) is 17.3 Å². The van der Waals surface area contributed by atoms with Gasteiger partial charge in [0.25, 0.3) is 5.91 Å². The number of nitrogens with one attached hydrogen (secondary N) is 1. The summed E-state index contributed by atoms with van der Waals surface area (Å²) in [6.07, 6.45) is 10.3. The second-order valence-corrected chi connectivity index (χ2v) is 9.00. The number of anilines is 1. The van der Waals surface area contributed by atoms with Crippen molar-refractivity contribution in [1.82, 2.24) is 4.90 Å². The van der Waals surface area contributed by atoms with E-state index in [0.717, 1.165) is 74.6 Å². The number of carbonyl (C=O) groups excluding carboxylic acids is 3. The van der Waals surface area contributed by atoms with Crippen molar-refractivity contribution < 1.29 is 14.4 Å². The van der Waals surface area contributed by atoms with E-state index in [1.807, 2.05) is 0 Å². The van der Waals surface area contributed by atoms with Gasteiger partial charge in [-0.05, 0) is 50.5 Å². The lowest BCUT2D eigenvalue weighted by atomic mass is 9.95. The molecule has 3 amide bonds. The van der Waals surface area contributed by atoms with Crippen LogP contribution in [-0.4, -0.2) is 35.2 Å². The highest BCUT2D eigenvalue weighted by Crippen LogP contribution is 2.38. The molecule has 0 aliphatic heterocycles. The molecular formula is C21H31N3O3S. The van der Waals surface area contributed by atoms with Gasteiger partial charge in [-0.2, -0.15) is 0 Å². The van der Waals surface area contributed by atoms with Crippen molar-refractivity contribution in [3.63, 3.8) is 0 Å². The van der Waals surface area contributed by atoms with Crippen LogP contribution >= 0.6 is 11.3 Å². The first-order valence-corrected chi connectivity index (χ1v) is 11.4. The van der Waals surface area contributed by atoms with Gasteiger partial charge in [0.2, 0.25) is 11.8 Å². The summed E-state index contributed by atoms with van der Waals surface area (Å²) in [6, 6.07) is 0.155. The Balaban J connectivity index is 1.73. The fourth-order valence-corrected chi connectivity index (χ4v) is 5.65. The molecule has 2 aliphatic rings. The standard InChI is InChI=1S/C21H31N3O3S/c1-2-3-12-18(26)24(14-8-4-5-9-14)13-17(25)23-21-19(20(22)27)15-10-6-7-11-16(15)28-21/h14H,2-13H2,1H3,(H2,22,27)(H,23,25). The normalized spacial score (nSPS) is 16.6. The number of carbonyl (C=O) groups is 3. The van der Waals surface area contributed by atoms with Crippen LogP contribution in [0.2, 0.25) is 0 Å². The number of unbranched alkanes of at least 4 members (excludes halogenated alkanes) is 1. The molecule has 1 heterocycles. The number of primary amides is 1. The number of nitrogens with zero attached hydrogens (tertiary/aromatic N) is 1. The van der Waals surface area contributed by atoms with E-state index in [1.54, 1.807) is 4.90 Å². The Hall–Kier alpha value is -1.89. The predicted molar refractivity (Wildman–Crippen MR) is 112 cm³/mol. The van der Waals surface area contributed by atoms with E-state index in [2.05, 4.69) is 12.2 Å². The molecule has 6 nitrogen and oxygen atoms in total. The summed E-state index contributed by atoms with van der Waals surface area (Å²) in [5, 5.41) is 3.45. The van der Waals surface area contributed by atoms with Crippen LogP contribution in [0.4, 0.5) is 5.00 Å². The van der Waals surface area contributed by atoms with E-state index in [1.165, 1.54) is 11.3 Å².